The minimum atomic E-state index is -0.899. The number of hydrogen-bond acceptors (Lipinski definition) is 10. The lowest BCUT2D eigenvalue weighted by molar-refractivity contribution is 0.0367. The average molecular weight is 649 g/mol. The third-order valence-electron chi connectivity index (χ3n) is 9.99. The summed E-state index contributed by atoms with van der Waals surface area (Å²) in [7, 11) is 0. The molecular weight excluding hydrogens is 618 g/mol. The molecular formula is C32H31ClF2N8O3. The molecule has 10 rings (SSSR count). The van der Waals surface area contributed by atoms with E-state index in [0.717, 1.165) is 24.9 Å². The third-order valence-corrected chi connectivity index (χ3v) is 10.3. The van der Waals surface area contributed by atoms with Crippen molar-refractivity contribution in [1.82, 2.24) is 35.0 Å². The SMILES string of the molecule is Fc1c2ncc3c(nc(OC[C@@]45CCCN4C[C@H](F)C5)nc13)N1CCOC(C1)c1coc(n1)CCCc1c(Cl)cc3[nH]ncc3c1-2. The van der Waals surface area contributed by atoms with Crippen molar-refractivity contribution < 1.29 is 22.7 Å². The Kier molecular flexibility index (Phi) is 6.65. The van der Waals surface area contributed by atoms with Crippen molar-refractivity contribution in [3.8, 4) is 17.3 Å². The van der Waals surface area contributed by atoms with Crippen molar-refractivity contribution in [1.29, 1.82) is 0 Å². The van der Waals surface area contributed by atoms with Crippen LogP contribution >= 0.6 is 11.6 Å². The van der Waals surface area contributed by atoms with Crippen molar-refractivity contribution >= 4 is 39.2 Å². The molecule has 0 radical (unpaired) electrons. The normalized spacial score (nSPS) is 24.7. The molecule has 1 unspecified atom stereocenters. The van der Waals surface area contributed by atoms with Crippen LogP contribution in [0.25, 0.3) is 33.1 Å². The summed E-state index contributed by atoms with van der Waals surface area (Å²) in [6.45, 7) is 2.78. The highest BCUT2D eigenvalue weighted by atomic mass is 35.5. The monoisotopic (exact) mass is 648 g/mol. The van der Waals surface area contributed by atoms with Crippen molar-refractivity contribution in [3.63, 3.8) is 0 Å². The number of aromatic nitrogens is 6. The number of ether oxygens (including phenoxy) is 2. The van der Waals surface area contributed by atoms with E-state index in [4.69, 9.17) is 40.4 Å². The van der Waals surface area contributed by atoms with Gasteiger partial charge in [-0.25, -0.2) is 13.8 Å². The molecule has 3 atom stereocenters. The van der Waals surface area contributed by atoms with Crippen LogP contribution < -0.4 is 9.64 Å². The fraction of sp³-hybridized carbons (Fsp3) is 0.469. The van der Waals surface area contributed by atoms with E-state index in [1.807, 2.05) is 4.90 Å². The van der Waals surface area contributed by atoms with Gasteiger partial charge in [0.2, 0.25) is 0 Å². The fourth-order valence-electron chi connectivity index (χ4n) is 7.79. The quantitative estimate of drug-likeness (QED) is 0.274. The first-order valence-electron chi connectivity index (χ1n) is 15.8. The van der Waals surface area contributed by atoms with E-state index in [0.29, 0.717) is 96.2 Å². The van der Waals surface area contributed by atoms with E-state index in [2.05, 4.69) is 20.1 Å². The molecule has 0 amide bonds. The second-order valence-corrected chi connectivity index (χ2v) is 13.2. The second kappa shape index (κ2) is 10.8. The van der Waals surface area contributed by atoms with Gasteiger partial charge in [0.15, 0.2) is 11.7 Å². The molecule has 0 spiro atoms. The summed E-state index contributed by atoms with van der Waals surface area (Å²) < 4.78 is 49.8. The summed E-state index contributed by atoms with van der Waals surface area (Å²) in [5, 5.41) is 8.80. The number of H-pyrrole nitrogens is 1. The summed E-state index contributed by atoms with van der Waals surface area (Å²) in [5.74, 6) is 0.479. The number of nitrogens with zero attached hydrogens (tertiary/aromatic N) is 7. The number of hydrogen-bond donors (Lipinski definition) is 1. The van der Waals surface area contributed by atoms with Gasteiger partial charge in [0.05, 0.1) is 35.8 Å². The lowest BCUT2D eigenvalue weighted by Gasteiger charge is -2.34. The highest BCUT2D eigenvalue weighted by molar-refractivity contribution is 6.33. The molecule has 0 aliphatic carbocycles. The fourth-order valence-corrected chi connectivity index (χ4v) is 8.09. The van der Waals surface area contributed by atoms with Crippen LogP contribution in [0.5, 0.6) is 6.01 Å². The van der Waals surface area contributed by atoms with Gasteiger partial charge < -0.3 is 18.8 Å². The minimum absolute atomic E-state index is 0.0368. The van der Waals surface area contributed by atoms with Crippen LogP contribution in [0.15, 0.2) is 29.1 Å². The van der Waals surface area contributed by atoms with Crippen LogP contribution in [0.2, 0.25) is 5.02 Å². The molecule has 4 aromatic heterocycles. The zero-order valence-electron chi connectivity index (χ0n) is 24.9. The van der Waals surface area contributed by atoms with Gasteiger partial charge in [-0.3, -0.25) is 15.0 Å². The summed E-state index contributed by atoms with van der Waals surface area (Å²) in [4.78, 5) is 23.1. The lowest BCUT2D eigenvalue weighted by atomic mass is 9.95. The number of aromatic amines is 1. The number of fused-ring (bicyclic) bond motifs is 5. The first-order valence-corrected chi connectivity index (χ1v) is 16.2. The Balaban J connectivity index is 1.23. The Morgan fingerprint density at radius 3 is 2.98 bits per heavy atom. The Hall–Kier alpha value is -3.94. The van der Waals surface area contributed by atoms with Crippen molar-refractivity contribution in [2.24, 2.45) is 0 Å². The molecule has 238 valence electrons. The van der Waals surface area contributed by atoms with E-state index in [-0.39, 0.29) is 29.9 Å². The number of benzene rings is 1. The van der Waals surface area contributed by atoms with Crippen molar-refractivity contribution in [3.05, 3.63) is 52.7 Å². The van der Waals surface area contributed by atoms with Crippen LogP contribution in [0.4, 0.5) is 14.6 Å². The van der Waals surface area contributed by atoms with Crippen LogP contribution in [0.1, 0.15) is 48.9 Å². The summed E-state index contributed by atoms with van der Waals surface area (Å²) in [5.41, 5.74) is 2.46. The van der Waals surface area contributed by atoms with Crippen LogP contribution in [-0.2, 0) is 17.6 Å². The van der Waals surface area contributed by atoms with Gasteiger partial charge in [0, 0.05) is 48.1 Å². The predicted octanol–water partition coefficient (Wildman–Crippen LogP) is 5.37. The molecule has 0 saturated carbocycles. The number of alkyl halides is 1. The van der Waals surface area contributed by atoms with Gasteiger partial charge in [-0.05, 0) is 43.9 Å². The van der Waals surface area contributed by atoms with Gasteiger partial charge in [-0.15, -0.1) is 0 Å². The van der Waals surface area contributed by atoms with E-state index in [1.165, 1.54) is 0 Å². The maximum absolute atomic E-state index is 17.0. The molecule has 14 heteroatoms. The highest BCUT2D eigenvalue weighted by Gasteiger charge is 2.49. The van der Waals surface area contributed by atoms with Gasteiger partial charge in [-0.2, -0.15) is 15.1 Å². The molecule has 46 heavy (non-hydrogen) atoms. The lowest BCUT2D eigenvalue weighted by Crippen LogP contribution is -2.43. The molecule has 1 aromatic carbocycles. The van der Waals surface area contributed by atoms with Gasteiger partial charge in [-0.1, -0.05) is 11.6 Å². The summed E-state index contributed by atoms with van der Waals surface area (Å²) in [6.07, 6.45) is 7.61. The Morgan fingerprint density at radius 1 is 1.11 bits per heavy atom. The number of halogens is 3. The standard InChI is InChI=1S/C32H31ClF2N8O3/c33-21-9-22-19(12-37-41-22)26-18(21)3-1-4-25-38-23(15-45-25)24-14-42(7-8-44-24)30-20-11-36-29(26)27(35)28(20)39-31(40-30)46-16-32-5-2-6-43(32)13-17(34)10-32/h9,11-12,15,17,24H,1-8,10,13-14,16H2,(H,37,41)/t17-,24?,32+/m1/s1. The van der Waals surface area contributed by atoms with Gasteiger partial charge in [0.25, 0.3) is 0 Å². The van der Waals surface area contributed by atoms with Gasteiger partial charge >= 0.3 is 6.01 Å². The third kappa shape index (κ3) is 4.54. The molecule has 8 bridgehead atoms. The summed E-state index contributed by atoms with van der Waals surface area (Å²) in [6, 6.07) is 1.84. The minimum Gasteiger partial charge on any atom is -0.461 e. The van der Waals surface area contributed by atoms with E-state index < -0.39 is 17.5 Å². The first kappa shape index (κ1) is 28.3. The van der Waals surface area contributed by atoms with Crippen LogP contribution in [0, 0.1) is 5.82 Å². The maximum Gasteiger partial charge on any atom is 0.319 e. The molecule has 1 N–H and O–H groups in total. The van der Waals surface area contributed by atoms with E-state index >= 15 is 4.39 Å². The van der Waals surface area contributed by atoms with E-state index in [1.54, 1.807) is 24.7 Å². The molecule has 3 saturated heterocycles. The van der Waals surface area contributed by atoms with Crippen LogP contribution in [-0.4, -0.2) is 86.1 Å². The van der Waals surface area contributed by atoms with E-state index in [9.17, 15) is 4.39 Å². The number of pyridine rings is 1. The molecule has 5 aliphatic rings. The number of morpholine rings is 1. The number of oxazole rings is 1. The average Bonchev–Trinajstić information content (AvgIpc) is 3.85. The largest absolute Gasteiger partial charge is 0.461 e. The van der Waals surface area contributed by atoms with Crippen molar-refractivity contribution in [2.45, 2.75) is 56.3 Å². The number of rotatable bonds is 3. The summed E-state index contributed by atoms with van der Waals surface area (Å²) >= 11 is 6.84. The molecule has 11 nitrogen and oxygen atoms in total. The molecule has 5 aromatic rings. The number of nitrogens with one attached hydrogen (secondary N) is 1. The smallest absolute Gasteiger partial charge is 0.319 e. The molecule has 3 fully saturated rings. The van der Waals surface area contributed by atoms with Gasteiger partial charge in [0.1, 0.15) is 47.9 Å². The topological polar surface area (TPSA) is 118 Å². The highest BCUT2D eigenvalue weighted by Crippen LogP contribution is 2.42. The maximum atomic E-state index is 17.0. The zero-order valence-corrected chi connectivity index (χ0v) is 25.7. The molecule has 9 heterocycles. The predicted molar refractivity (Wildman–Crippen MR) is 165 cm³/mol. The van der Waals surface area contributed by atoms with Crippen LogP contribution in [0.3, 0.4) is 0 Å². The molecule has 5 aliphatic heterocycles. The Morgan fingerprint density at radius 2 is 2.04 bits per heavy atom. The van der Waals surface area contributed by atoms with Crippen molar-refractivity contribution in [2.75, 3.05) is 44.3 Å². The Labute approximate surface area is 267 Å². The Bertz CT molecular complexity index is 1990. The first-order chi connectivity index (χ1) is 22.5. The number of aryl methyl sites for hydroxylation is 1. The second-order valence-electron chi connectivity index (χ2n) is 12.7. The zero-order chi connectivity index (χ0) is 31.0. The number of anilines is 1.